The summed E-state index contributed by atoms with van der Waals surface area (Å²) in [5, 5.41) is 7.30. The van der Waals surface area contributed by atoms with Crippen LogP contribution in [0.25, 0.3) is 34.0 Å². The van der Waals surface area contributed by atoms with Crippen molar-refractivity contribution in [3.8, 4) is 34.0 Å². The maximum Gasteiger partial charge on any atom is 0.181 e. The molecule has 1 aromatic carbocycles. The van der Waals surface area contributed by atoms with Gasteiger partial charge in [-0.05, 0) is 41.8 Å². The molecule has 0 aliphatic rings. The molecule has 24 heavy (non-hydrogen) atoms. The van der Waals surface area contributed by atoms with Crippen molar-refractivity contribution in [2.45, 2.75) is 6.92 Å². The summed E-state index contributed by atoms with van der Waals surface area (Å²) in [4.78, 5) is 13.0. The van der Waals surface area contributed by atoms with Gasteiger partial charge >= 0.3 is 0 Å². The third-order valence-electron chi connectivity index (χ3n) is 3.88. The Morgan fingerprint density at radius 1 is 0.792 bits per heavy atom. The standard InChI is InChI=1S/C19H15N5/c1-13-3-2-10-21-17(13)19-22-18(23-24-19)16-6-4-14(5-7-16)15-8-11-20-12-9-15/h2-12H,1H3,(H,22,23,24). The number of pyridine rings is 2. The number of nitrogens with one attached hydrogen (secondary N) is 1. The fourth-order valence-corrected chi connectivity index (χ4v) is 2.59. The van der Waals surface area contributed by atoms with Gasteiger partial charge in [0.15, 0.2) is 11.6 Å². The zero-order valence-electron chi connectivity index (χ0n) is 13.1. The highest BCUT2D eigenvalue weighted by molar-refractivity contribution is 5.68. The number of benzene rings is 1. The van der Waals surface area contributed by atoms with E-state index in [4.69, 9.17) is 0 Å². The highest BCUT2D eigenvalue weighted by atomic mass is 15.2. The number of aromatic nitrogens is 5. The lowest BCUT2D eigenvalue weighted by atomic mass is 10.1. The van der Waals surface area contributed by atoms with Crippen molar-refractivity contribution >= 4 is 0 Å². The van der Waals surface area contributed by atoms with Crippen molar-refractivity contribution in [1.82, 2.24) is 25.1 Å². The molecule has 0 unspecified atom stereocenters. The van der Waals surface area contributed by atoms with Crippen LogP contribution in [0.5, 0.6) is 0 Å². The zero-order valence-corrected chi connectivity index (χ0v) is 13.1. The van der Waals surface area contributed by atoms with Crippen molar-refractivity contribution in [1.29, 1.82) is 0 Å². The SMILES string of the molecule is Cc1cccnc1-c1nc(-c2ccc(-c3ccncc3)cc2)n[nH]1. The van der Waals surface area contributed by atoms with Crippen LogP contribution in [0, 0.1) is 6.92 Å². The van der Waals surface area contributed by atoms with Crippen LogP contribution in [0.3, 0.4) is 0 Å². The van der Waals surface area contributed by atoms with Crippen LogP contribution in [0.4, 0.5) is 0 Å². The molecule has 4 rings (SSSR count). The van der Waals surface area contributed by atoms with E-state index < -0.39 is 0 Å². The Balaban J connectivity index is 1.65. The van der Waals surface area contributed by atoms with Crippen molar-refractivity contribution in [3.05, 3.63) is 72.7 Å². The molecule has 0 saturated heterocycles. The second kappa shape index (κ2) is 6.04. The van der Waals surface area contributed by atoms with E-state index in [1.807, 2.05) is 43.3 Å². The van der Waals surface area contributed by atoms with Crippen molar-refractivity contribution in [2.75, 3.05) is 0 Å². The summed E-state index contributed by atoms with van der Waals surface area (Å²) < 4.78 is 0. The number of aryl methyl sites for hydroxylation is 1. The van der Waals surface area contributed by atoms with Gasteiger partial charge in [0.1, 0.15) is 5.69 Å². The largest absolute Gasteiger partial charge is 0.265 e. The predicted molar refractivity (Wildman–Crippen MR) is 93.0 cm³/mol. The molecule has 116 valence electrons. The van der Waals surface area contributed by atoms with Crippen molar-refractivity contribution in [2.24, 2.45) is 0 Å². The van der Waals surface area contributed by atoms with Gasteiger partial charge in [-0.2, -0.15) is 5.10 Å². The first-order valence-corrected chi connectivity index (χ1v) is 7.66. The summed E-state index contributed by atoms with van der Waals surface area (Å²) in [7, 11) is 0. The molecule has 3 heterocycles. The van der Waals surface area contributed by atoms with Crippen LogP contribution in [0.1, 0.15) is 5.56 Å². The highest BCUT2D eigenvalue weighted by Crippen LogP contribution is 2.24. The van der Waals surface area contributed by atoms with Gasteiger partial charge in [0.25, 0.3) is 0 Å². The van der Waals surface area contributed by atoms with Crippen molar-refractivity contribution < 1.29 is 0 Å². The van der Waals surface area contributed by atoms with Gasteiger partial charge in [0.2, 0.25) is 0 Å². The van der Waals surface area contributed by atoms with E-state index >= 15 is 0 Å². The fraction of sp³-hybridized carbons (Fsp3) is 0.0526. The maximum absolute atomic E-state index is 4.57. The molecule has 0 fully saturated rings. The van der Waals surface area contributed by atoms with E-state index in [0.29, 0.717) is 11.6 Å². The molecule has 5 heteroatoms. The number of aromatic amines is 1. The zero-order chi connectivity index (χ0) is 16.4. The van der Waals surface area contributed by atoms with Gasteiger partial charge in [-0.15, -0.1) is 0 Å². The minimum Gasteiger partial charge on any atom is -0.265 e. The molecule has 0 bridgehead atoms. The van der Waals surface area contributed by atoms with Crippen LogP contribution in [0.2, 0.25) is 0 Å². The van der Waals surface area contributed by atoms with E-state index in [1.54, 1.807) is 18.6 Å². The van der Waals surface area contributed by atoms with Gasteiger partial charge in [0.05, 0.1) is 0 Å². The molecule has 0 radical (unpaired) electrons. The Kier molecular flexibility index (Phi) is 3.59. The lowest BCUT2D eigenvalue weighted by Crippen LogP contribution is -1.89. The van der Waals surface area contributed by atoms with Crippen LogP contribution < -0.4 is 0 Å². The molecule has 0 amide bonds. The summed E-state index contributed by atoms with van der Waals surface area (Å²) in [5.41, 5.74) is 5.12. The lowest BCUT2D eigenvalue weighted by Gasteiger charge is -2.02. The number of nitrogens with zero attached hydrogens (tertiary/aromatic N) is 4. The molecule has 0 aliphatic carbocycles. The molecule has 4 aromatic rings. The van der Waals surface area contributed by atoms with Gasteiger partial charge in [0, 0.05) is 24.2 Å². The van der Waals surface area contributed by atoms with Crippen molar-refractivity contribution in [3.63, 3.8) is 0 Å². The molecule has 0 aliphatic heterocycles. The normalized spacial score (nSPS) is 10.7. The number of H-pyrrole nitrogens is 1. The first-order valence-electron chi connectivity index (χ1n) is 7.66. The quantitative estimate of drug-likeness (QED) is 0.623. The fourth-order valence-electron chi connectivity index (χ4n) is 2.59. The third kappa shape index (κ3) is 2.67. The average molecular weight is 313 g/mol. The lowest BCUT2D eigenvalue weighted by molar-refractivity contribution is 1.08. The van der Waals surface area contributed by atoms with Gasteiger partial charge in [-0.3, -0.25) is 15.1 Å². The number of hydrogen-bond donors (Lipinski definition) is 1. The molecular weight excluding hydrogens is 298 g/mol. The van der Waals surface area contributed by atoms with Crippen LogP contribution in [0.15, 0.2) is 67.1 Å². The molecule has 1 N–H and O–H groups in total. The van der Waals surface area contributed by atoms with Gasteiger partial charge in [-0.25, -0.2) is 4.98 Å². The van der Waals surface area contributed by atoms with E-state index in [9.17, 15) is 0 Å². The van der Waals surface area contributed by atoms with E-state index in [2.05, 4.69) is 37.3 Å². The number of rotatable bonds is 3. The minimum atomic E-state index is 0.663. The monoisotopic (exact) mass is 313 g/mol. The second-order valence-corrected chi connectivity index (χ2v) is 5.49. The van der Waals surface area contributed by atoms with Gasteiger partial charge in [-0.1, -0.05) is 30.3 Å². The first-order chi connectivity index (χ1) is 11.8. The molecule has 0 saturated carbocycles. The predicted octanol–water partition coefficient (Wildman–Crippen LogP) is 3.90. The molecule has 5 nitrogen and oxygen atoms in total. The van der Waals surface area contributed by atoms with Crippen LogP contribution >= 0.6 is 0 Å². The summed E-state index contributed by atoms with van der Waals surface area (Å²) in [5.74, 6) is 1.35. The molecule has 0 atom stereocenters. The number of hydrogen-bond acceptors (Lipinski definition) is 4. The average Bonchev–Trinajstić information content (AvgIpc) is 3.13. The summed E-state index contributed by atoms with van der Waals surface area (Å²) in [6, 6.07) is 16.1. The third-order valence-corrected chi connectivity index (χ3v) is 3.88. The van der Waals surface area contributed by atoms with E-state index in [-0.39, 0.29) is 0 Å². The van der Waals surface area contributed by atoms with Crippen LogP contribution in [-0.2, 0) is 0 Å². The Hall–Kier alpha value is -3.34. The van der Waals surface area contributed by atoms with Gasteiger partial charge < -0.3 is 0 Å². The van der Waals surface area contributed by atoms with Crippen LogP contribution in [-0.4, -0.2) is 25.1 Å². The highest BCUT2D eigenvalue weighted by Gasteiger charge is 2.10. The summed E-state index contributed by atoms with van der Waals surface area (Å²) >= 11 is 0. The molecule has 3 aromatic heterocycles. The van der Waals surface area contributed by atoms with E-state index in [1.165, 1.54) is 0 Å². The molecule has 0 spiro atoms. The second-order valence-electron chi connectivity index (χ2n) is 5.49. The Labute approximate surface area is 139 Å². The first kappa shape index (κ1) is 14.3. The smallest absolute Gasteiger partial charge is 0.181 e. The van der Waals surface area contributed by atoms with E-state index in [0.717, 1.165) is 27.9 Å². The maximum atomic E-state index is 4.57. The topological polar surface area (TPSA) is 67.3 Å². The minimum absolute atomic E-state index is 0.663. The Morgan fingerprint density at radius 2 is 1.50 bits per heavy atom. The summed E-state index contributed by atoms with van der Waals surface area (Å²) in [6.45, 7) is 2.01. The Morgan fingerprint density at radius 3 is 2.25 bits per heavy atom. The Bertz CT molecular complexity index is 958. The molecular formula is C19H15N5. The summed E-state index contributed by atoms with van der Waals surface area (Å²) in [6.07, 6.45) is 5.34.